The van der Waals surface area contributed by atoms with Gasteiger partial charge in [-0.2, -0.15) is 0 Å². The monoisotopic (exact) mass is 405 g/mol. The van der Waals surface area contributed by atoms with Gasteiger partial charge in [0, 0.05) is 24.2 Å². The van der Waals surface area contributed by atoms with E-state index in [0.717, 1.165) is 0 Å². The van der Waals surface area contributed by atoms with Gasteiger partial charge in [0.25, 0.3) is 0 Å². The number of Topliss-reactive ketones (excluding diaryl/α,β-unsaturated/α-hetero) is 1. The number of fused-ring (bicyclic) bond motifs is 1. The zero-order valence-corrected chi connectivity index (χ0v) is 16.2. The predicted molar refractivity (Wildman–Crippen MR) is 115 cm³/mol. The number of carbonyl (C=O) groups is 2. The van der Waals surface area contributed by atoms with Gasteiger partial charge in [-0.1, -0.05) is 30.3 Å². The van der Waals surface area contributed by atoms with Crippen molar-refractivity contribution in [3.8, 4) is 22.8 Å². The second-order valence-corrected chi connectivity index (χ2v) is 6.79. The molecule has 3 aromatic heterocycles. The molecule has 1 N–H and O–H groups in total. The van der Waals surface area contributed by atoms with Crippen LogP contribution in [0.15, 0.2) is 90.9 Å². The van der Waals surface area contributed by atoms with Crippen molar-refractivity contribution in [1.82, 2.24) is 19.9 Å². The van der Waals surface area contributed by atoms with Gasteiger partial charge in [0.05, 0.1) is 17.1 Å². The number of allylic oxidation sites excluding steroid dienone is 2. The molecule has 0 radical (unpaired) electrons. The molecular weight excluding hydrogens is 390 g/mol. The lowest BCUT2D eigenvalue weighted by molar-refractivity contribution is 0.0978. The molecule has 0 atom stereocenters. The lowest BCUT2D eigenvalue weighted by Gasteiger charge is -2.18. The van der Waals surface area contributed by atoms with E-state index in [1.807, 2.05) is 42.5 Å². The van der Waals surface area contributed by atoms with E-state index in [-0.39, 0.29) is 17.1 Å². The molecular formula is C24H15N5O2. The van der Waals surface area contributed by atoms with Crippen LogP contribution >= 0.6 is 0 Å². The smallest absolute Gasteiger partial charge is 0.230 e. The van der Waals surface area contributed by atoms with E-state index in [0.29, 0.717) is 28.5 Å². The van der Waals surface area contributed by atoms with Crippen molar-refractivity contribution >= 4 is 17.3 Å². The number of pyridine rings is 2. The summed E-state index contributed by atoms with van der Waals surface area (Å²) >= 11 is 0. The van der Waals surface area contributed by atoms with Gasteiger partial charge in [-0.15, -0.1) is 0 Å². The van der Waals surface area contributed by atoms with E-state index in [4.69, 9.17) is 0 Å². The van der Waals surface area contributed by atoms with E-state index in [1.165, 1.54) is 6.08 Å². The number of nitrogens with zero attached hydrogens (tertiary/aromatic N) is 4. The first-order valence-electron chi connectivity index (χ1n) is 9.58. The van der Waals surface area contributed by atoms with Crippen LogP contribution in [0.2, 0.25) is 0 Å². The molecule has 1 aliphatic rings. The highest BCUT2D eigenvalue weighted by molar-refractivity contribution is 6.24. The van der Waals surface area contributed by atoms with E-state index in [1.54, 1.807) is 36.7 Å². The molecule has 0 amide bonds. The fourth-order valence-electron chi connectivity index (χ4n) is 3.29. The summed E-state index contributed by atoms with van der Waals surface area (Å²) in [6, 6.07) is 19.9. The van der Waals surface area contributed by atoms with Gasteiger partial charge in [0.15, 0.2) is 0 Å². The Balaban J connectivity index is 1.66. The van der Waals surface area contributed by atoms with Crippen molar-refractivity contribution in [2.75, 3.05) is 5.32 Å². The number of anilines is 1. The Labute approximate surface area is 177 Å². The van der Waals surface area contributed by atoms with Gasteiger partial charge in [-0.25, -0.2) is 9.97 Å². The lowest BCUT2D eigenvalue weighted by Crippen LogP contribution is -2.25. The molecule has 0 saturated carbocycles. The van der Waals surface area contributed by atoms with Crippen LogP contribution in [0.4, 0.5) is 5.69 Å². The summed E-state index contributed by atoms with van der Waals surface area (Å²) in [5.41, 5.74) is 2.70. The molecule has 0 aliphatic heterocycles. The maximum atomic E-state index is 13.2. The molecule has 148 valence electrons. The molecule has 7 heteroatoms. The Morgan fingerprint density at radius 1 is 0.613 bits per heavy atom. The van der Waals surface area contributed by atoms with Crippen LogP contribution in [-0.4, -0.2) is 31.5 Å². The second kappa shape index (κ2) is 7.72. The fraction of sp³-hybridized carbons (Fsp3) is 0. The number of nitrogens with one attached hydrogen (secondary N) is 1. The van der Waals surface area contributed by atoms with Crippen LogP contribution in [0.3, 0.4) is 0 Å². The first-order valence-corrected chi connectivity index (χ1v) is 9.58. The number of hydrogen-bond donors (Lipinski definition) is 1. The van der Waals surface area contributed by atoms with Gasteiger partial charge in [0.1, 0.15) is 22.8 Å². The largest absolute Gasteiger partial charge is 0.352 e. The molecule has 7 nitrogen and oxygen atoms in total. The number of benzene rings is 1. The van der Waals surface area contributed by atoms with Crippen LogP contribution in [0, 0.1) is 0 Å². The van der Waals surface area contributed by atoms with Crippen molar-refractivity contribution in [2.45, 2.75) is 0 Å². The second-order valence-electron chi connectivity index (χ2n) is 6.79. The van der Waals surface area contributed by atoms with Crippen molar-refractivity contribution in [2.24, 2.45) is 0 Å². The molecule has 3 heterocycles. The molecule has 1 aromatic carbocycles. The van der Waals surface area contributed by atoms with E-state index >= 15 is 0 Å². The highest BCUT2D eigenvalue weighted by Gasteiger charge is 2.31. The van der Waals surface area contributed by atoms with Gasteiger partial charge in [0.2, 0.25) is 11.6 Å². The Bertz CT molecular complexity index is 1320. The maximum Gasteiger partial charge on any atom is 0.230 e. The summed E-state index contributed by atoms with van der Waals surface area (Å²) in [7, 11) is 0. The minimum atomic E-state index is -0.407. The van der Waals surface area contributed by atoms with Crippen LogP contribution in [0.25, 0.3) is 22.8 Å². The number of para-hydroxylation sites is 1. The molecule has 4 aromatic rings. The normalized spacial score (nSPS) is 12.8. The number of ketones is 2. The van der Waals surface area contributed by atoms with Crippen LogP contribution in [0.5, 0.6) is 0 Å². The van der Waals surface area contributed by atoms with Crippen LogP contribution < -0.4 is 5.32 Å². The number of rotatable bonds is 4. The predicted octanol–water partition coefficient (Wildman–Crippen LogP) is 3.98. The topological polar surface area (TPSA) is 97.7 Å². The third-order valence-corrected chi connectivity index (χ3v) is 4.73. The minimum Gasteiger partial charge on any atom is -0.352 e. The van der Waals surface area contributed by atoms with E-state index in [9.17, 15) is 9.59 Å². The number of hydrogen-bond acceptors (Lipinski definition) is 7. The summed E-state index contributed by atoms with van der Waals surface area (Å²) in [4.78, 5) is 43.8. The zero-order valence-electron chi connectivity index (χ0n) is 16.2. The first-order chi connectivity index (χ1) is 15.2. The SMILES string of the molecule is O=C1C=C(Nc2ccccc2)C(=O)c2nc(-c3ccccn3)c(-c3ccccn3)nc21. The third-order valence-electron chi connectivity index (χ3n) is 4.73. The average Bonchev–Trinajstić information content (AvgIpc) is 2.83. The molecule has 0 spiro atoms. The Kier molecular flexibility index (Phi) is 4.61. The van der Waals surface area contributed by atoms with Gasteiger partial charge in [-0.3, -0.25) is 19.6 Å². The minimum absolute atomic E-state index is 0.00365. The number of carbonyl (C=O) groups excluding carboxylic acids is 2. The van der Waals surface area contributed by atoms with Gasteiger partial charge in [-0.05, 0) is 36.4 Å². The molecule has 1 aliphatic carbocycles. The van der Waals surface area contributed by atoms with Crippen molar-refractivity contribution in [3.05, 3.63) is 102 Å². The Morgan fingerprint density at radius 2 is 1.19 bits per heavy atom. The van der Waals surface area contributed by atoms with Crippen LogP contribution in [0.1, 0.15) is 21.0 Å². The molecule has 0 bridgehead atoms. The first kappa shape index (κ1) is 18.5. The average molecular weight is 405 g/mol. The highest BCUT2D eigenvalue weighted by atomic mass is 16.1. The van der Waals surface area contributed by atoms with Crippen LogP contribution in [-0.2, 0) is 0 Å². The van der Waals surface area contributed by atoms with Gasteiger partial charge >= 0.3 is 0 Å². The van der Waals surface area contributed by atoms with E-state index < -0.39 is 11.6 Å². The van der Waals surface area contributed by atoms with Gasteiger partial charge < -0.3 is 5.32 Å². The standard InChI is InChI=1S/C24H15N5O2/c30-19-14-18(27-15-8-2-1-3-9-15)24(31)23-22(19)28-20(16-10-4-6-12-25-16)21(29-23)17-11-5-7-13-26-17/h1-14,27H. The van der Waals surface area contributed by atoms with Crippen molar-refractivity contribution < 1.29 is 9.59 Å². The highest BCUT2D eigenvalue weighted by Crippen LogP contribution is 2.30. The van der Waals surface area contributed by atoms with E-state index in [2.05, 4.69) is 25.3 Å². The quantitative estimate of drug-likeness (QED) is 0.548. The van der Waals surface area contributed by atoms with Crippen molar-refractivity contribution in [1.29, 1.82) is 0 Å². The summed E-state index contributed by atoms with van der Waals surface area (Å²) in [5, 5.41) is 3.00. The fourth-order valence-corrected chi connectivity index (χ4v) is 3.29. The molecule has 5 rings (SSSR count). The molecule has 31 heavy (non-hydrogen) atoms. The maximum absolute atomic E-state index is 13.2. The summed E-state index contributed by atoms with van der Waals surface area (Å²) in [5.74, 6) is -0.805. The molecule has 0 fully saturated rings. The summed E-state index contributed by atoms with van der Waals surface area (Å²) in [6.45, 7) is 0. The summed E-state index contributed by atoms with van der Waals surface area (Å²) < 4.78 is 0. The Morgan fingerprint density at radius 3 is 1.77 bits per heavy atom. The number of aromatic nitrogens is 4. The summed E-state index contributed by atoms with van der Waals surface area (Å²) in [6.07, 6.45) is 4.52. The zero-order chi connectivity index (χ0) is 21.2. The van der Waals surface area contributed by atoms with Crippen molar-refractivity contribution in [3.63, 3.8) is 0 Å². The molecule has 0 unspecified atom stereocenters. The molecule has 0 saturated heterocycles. The lowest BCUT2D eigenvalue weighted by atomic mass is 10.00. The Hall–Kier alpha value is -4.52. The third kappa shape index (κ3) is 3.49.